The molecular weight excluding hydrogens is 285 g/mol. The number of nitrogens with two attached hydrogens (primary N) is 1. The quantitative estimate of drug-likeness (QED) is 0.885. The molecule has 0 aromatic heterocycles. The van der Waals surface area contributed by atoms with E-state index in [0.717, 1.165) is 16.4 Å². The van der Waals surface area contributed by atoms with Gasteiger partial charge in [-0.15, -0.1) is 13.2 Å². The van der Waals surface area contributed by atoms with E-state index in [1.165, 1.54) is 19.2 Å². The van der Waals surface area contributed by atoms with Crippen molar-refractivity contribution in [3.05, 3.63) is 24.3 Å². The summed E-state index contributed by atoms with van der Waals surface area (Å²) in [5, 5.41) is 0. The fourth-order valence-electron chi connectivity index (χ4n) is 1.34. The topological polar surface area (TPSA) is 72.6 Å². The fourth-order valence-corrected chi connectivity index (χ4v) is 2.64. The zero-order valence-corrected chi connectivity index (χ0v) is 10.8. The summed E-state index contributed by atoms with van der Waals surface area (Å²) in [5.74, 6) is -0.765. The fraction of sp³-hybridized carbons (Fsp3) is 0.400. The van der Waals surface area contributed by atoms with Crippen LogP contribution in [0.1, 0.15) is 0 Å². The predicted molar refractivity (Wildman–Crippen MR) is 62.0 cm³/mol. The van der Waals surface area contributed by atoms with Crippen molar-refractivity contribution >= 4 is 10.0 Å². The molecule has 0 bridgehead atoms. The first-order valence-electron chi connectivity index (χ1n) is 5.19. The first-order valence-corrected chi connectivity index (χ1v) is 6.63. The van der Waals surface area contributed by atoms with Crippen LogP contribution in [-0.2, 0) is 10.0 Å². The normalized spacial score (nSPS) is 12.7. The van der Waals surface area contributed by atoms with Crippen LogP contribution in [0.15, 0.2) is 29.2 Å². The summed E-state index contributed by atoms with van der Waals surface area (Å²) in [7, 11) is -2.85. The molecule has 5 nitrogen and oxygen atoms in total. The van der Waals surface area contributed by atoms with Crippen molar-refractivity contribution in [1.82, 2.24) is 4.31 Å². The standard InChI is InChI=1S/C10H13F3N2O3S/c1-15(7-6-14)19(16,17)9-5-3-2-4-8(9)18-10(11,12)13/h2-5H,6-7,14H2,1H3. The van der Waals surface area contributed by atoms with Gasteiger partial charge in [0.2, 0.25) is 10.0 Å². The number of sulfonamides is 1. The molecule has 1 rings (SSSR count). The number of rotatable bonds is 5. The van der Waals surface area contributed by atoms with Gasteiger partial charge >= 0.3 is 6.36 Å². The van der Waals surface area contributed by atoms with Gasteiger partial charge in [-0.05, 0) is 12.1 Å². The van der Waals surface area contributed by atoms with Gasteiger partial charge in [0, 0.05) is 20.1 Å². The highest BCUT2D eigenvalue weighted by atomic mass is 32.2. The lowest BCUT2D eigenvalue weighted by Gasteiger charge is -2.19. The summed E-state index contributed by atoms with van der Waals surface area (Å²) in [6, 6.07) is 4.55. The number of benzene rings is 1. The molecule has 0 saturated heterocycles. The molecule has 108 valence electrons. The molecule has 0 unspecified atom stereocenters. The number of ether oxygens (including phenoxy) is 1. The van der Waals surface area contributed by atoms with E-state index in [1.807, 2.05) is 0 Å². The van der Waals surface area contributed by atoms with E-state index in [9.17, 15) is 21.6 Å². The van der Waals surface area contributed by atoms with Crippen LogP contribution in [0.3, 0.4) is 0 Å². The summed E-state index contributed by atoms with van der Waals surface area (Å²) in [5.41, 5.74) is 5.23. The third kappa shape index (κ3) is 4.08. The molecule has 1 aromatic carbocycles. The Balaban J connectivity index is 3.20. The van der Waals surface area contributed by atoms with Crippen LogP contribution < -0.4 is 10.5 Å². The molecule has 0 atom stereocenters. The second-order valence-corrected chi connectivity index (χ2v) is 5.62. The minimum absolute atomic E-state index is 0.0112. The third-order valence-electron chi connectivity index (χ3n) is 2.21. The number of likely N-dealkylation sites (N-methyl/N-ethyl adjacent to an activating group) is 1. The number of hydrogen-bond donors (Lipinski definition) is 1. The van der Waals surface area contributed by atoms with Gasteiger partial charge in [0.05, 0.1) is 0 Å². The van der Waals surface area contributed by atoms with Crippen molar-refractivity contribution in [2.75, 3.05) is 20.1 Å². The predicted octanol–water partition coefficient (Wildman–Crippen LogP) is 1.16. The maximum absolute atomic E-state index is 12.2. The molecule has 9 heteroatoms. The molecule has 0 aliphatic heterocycles. The second kappa shape index (κ2) is 5.76. The Hall–Kier alpha value is -1.32. The van der Waals surface area contributed by atoms with Gasteiger partial charge in [-0.2, -0.15) is 4.31 Å². The Bertz CT molecular complexity index is 531. The zero-order valence-electron chi connectivity index (χ0n) is 10.0. The number of hydrogen-bond acceptors (Lipinski definition) is 4. The van der Waals surface area contributed by atoms with E-state index in [-0.39, 0.29) is 13.1 Å². The molecular formula is C10H13F3N2O3S. The van der Waals surface area contributed by atoms with Gasteiger partial charge in [-0.3, -0.25) is 0 Å². The summed E-state index contributed by atoms with van der Waals surface area (Å²) in [4.78, 5) is -0.553. The van der Waals surface area contributed by atoms with Crippen molar-refractivity contribution in [2.45, 2.75) is 11.3 Å². The van der Waals surface area contributed by atoms with E-state index in [2.05, 4.69) is 4.74 Å². The summed E-state index contributed by atoms with van der Waals surface area (Å²) in [6.07, 6.45) is -4.96. The molecule has 1 aromatic rings. The molecule has 0 saturated carbocycles. The second-order valence-electron chi connectivity index (χ2n) is 3.61. The Labute approximate surface area is 108 Å². The molecule has 0 heterocycles. The summed E-state index contributed by atoms with van der Waals surface area (Å²) >= 11 is 0. The Morgan fingerprint density at radius 1 is 1.32 bits per heavy atom. The van der Waals surface area contributed by atoms with E-state index in [4.69, 9.17) is 5.73 Å². The number of para-hydroxylation sites is 1. The van der Waals surface area contributed by atoms with Gasteiger partial charge < -0.3 is 10.5 Å². The first-order chi connectivity index (χ1) is 8.68. The summed E-state index contributed by atoms with van der Waals surface area (Å²) in [6.45, 7) is 0.0424. The highest BCUT2D eigenvalue weighted by Crippen LogP contribution is 2.30. The first kappa shape index (κ1) is 15.7. The molecule has 0 aliphatic carbocycles. The number of halogens is 3. The third-order valence-corrected chi connectivity index (χ3v) is 4.10. The van der Waals surface area contributed by atoms with E-state index in [1.54, 1.807) is 0 Å². The molecule has 0 spiro atoms. The van der Waals surface area contributed by atoms with Gasteiger partial charge in [0.25, 0.3) is 0 Å². The Morgan fingerprint density at radius 2 is 1.89 bits per heavy atom. The zero-order chi connectivity index (χ0) is 14.7. The molecule has 0 amide bonds. The van der Waals surface area contributed by atoms with Gasteiger partial charge in [-0.1, -0.05) is 12.1 Å². The minimum Gasteiger partial charge on any atom is -0.404 e. The van der Waals surface area contributed by atoms with Crippen molar-refractivity contribution in [1.29, 1.82) is 0 Å². The maximum Gasteiger partial charge on any atom is 0.573 e. The largest absolute Gasteiger partial charge is 0.573 e. The van der Waals surface area contributed by atoms with Crippen LogP contribution in [0, 0.1) is 0 Å². The Morgan fingerprint density at radius 3 is 2.42 bits per heavy atom. The average Bonchev–Trinajstić information content (AvgIpc) is 2.27. The molecule has 2 N–H and O–H groups in total. The summed E-state index contributed by atoms with van der Waals surface area (Å²) < 4.78 is 65.3. The van der Waals surface area contributed by atoms with Crippen molar-refractivity contribution < 1.29 is 26.3 Å². The lowest BCUT2D eigenvalue weighted by molar-refractivity contribution is -0.275. The van der Waals surface area contributed by atoms with Gasteiger partial charge in [-0.25, -0.2) is 8.42 Å². The van der Waals surface area contributed by atoms with Crippen LogP contribution in [0.4, 0.5) is 13.2 Å². The lowest BCUT2D eigenvalue weighted by atomic mass is 10.3. The highest BCUT2D eigenvalue weighted by Gasteiger charge is 2.34. The van der Waals surface area contributed by atoms with Gasteiger partial charge in [0.1, 0.15) is 10.6 Å². The number of nitrogens with zero attached hydrogens (tertiary/aromatic N) is 1. The van der Waals surface area contributed by atoms with Crippen molar-refractivity contribution in [2.24, 2.45) is 5.73 Å². The minimum atomic E-state index is -4.96. The highest BCUT2D eigenvalue weighted by molar-refractivity contribution is 7.89. The van der Waals surface area contributed by atoms with Crippen LogP contribution in [0.5, 0.6) is 5.75 Å². The smallest absolute Gasteiger partial charge is 0.404 e. The van der Waals surface area contributed by atoms with Crippen molar-refractivity contribution in [3.8, 4) is 5.75 Å². The van der Waals surface area contributed by atoms with Gasteiger partial charge in [0.15, 0.2) is 0 Å². The van der Waals surface area contributed by atoms with Crippen molar-refractivity contribution in [3.63, 3.8) is 0 Å². The molecule has 0 aliphatic rings. The number of alkyl halides is 3. The molecule has 0 radical (unpaired) electrons. The SMILES string of the molecule is CN(CCN)S(=O)(=O)c1ccccc1OC(F)(F)F. The average molecular weight is 298 g/mol. The Kier molecular flexibility index (Phi) is 4.77. The van der Waals surface area contributed by atoms with Crippen LogP contribution in [0.25, 0.3) is 0 Å². The van der Waals surface area contributed by atoms with Crippen LogP contribution >= 0.6 is 0 Å². The van der Waals surface area contributed by atoms with E-state index >= 15 is 0 Å². The van der Waals surface area contributed by atoms with Crippen LogP contribution in [-0.4, -0.2) is 39.2 Å². The lowest BCUT2D eigenvalue weighted by Crippen LogP contribution is -2.32. The molecule has 0 fully saturated rings. The molecule has 19 heavy (non-hydrogen) atoms. The monoisotopic (exact) mass is 298 g/mol. The van der Waals surface area contributed by atoms with E-state index in [0.29, 0.717) is 0 Å². The maximum atomic E-state index is 12.2. The van der Waals surface area contributed by atoms with Crippen LogP contribution in [0.2, 0.25) is 0 Å². The van der Waals surface area contributed by atoms with E-state index < -0.39 is 27.0 Å².